The zero-order chi connectivity index (χ0) is 10.0. The van der Waals surface area contributed by atoms with E-state index in [9.17, 15) is 9.90 Å². The highest BCUT2D eigenvalue weighted by atomic mass is 35.5. The second-order valence-electron chi connectivity index (χ2n) is 2.54. The summed E-state index contributed by atoms with van der Waals surface area (Å²) in [6.45, 7) is 1.33. The number of benzene rings is 1. The number of amides is 1. The van der Waals surface area contributed by atoms with Crippen LogP contribution in [0.4, 0.5) is 11.4 Å². The van der Waals surface area contributed by atoms with Gasteiger partial charge in [-0.15, -0.1) is 0 Å². The molecule has 0 unspecified atom stereocenters. The third kappa shape index (κ3) is 2.03. The van der Waals surface area contributed by atoms with Gasteiger partial charge in [-0.05, 0) is 12.1 Å². The molecule has 1 aromatic carbocycles. The van der Waals surface area contributed by atoms with Crippen molar-refractivity contribution < 1.29 is 9.90 Å². The molecule has 0 atom stereocenters. The van der Waals surface area contributed by atoms with Crippen molar-refractivity contribution in [2.24, 2.45) is 0 Å². The van der Waals surface area contributed by atoms with Gasteiger partial charge in [-0.25, -0.2) is 0 Å². The molecule has 13 heavy (non-hydrogen) atoms. The molecule has 5 heteroatoms. The molecule has 0 fully saturated rings. The molecule has 4 N–H and O–H groups in total. The lowest BCUT2D eigenvalue weighted by molar-refractivity contribution is -0.114. The molecule has 0 saturated carbocycles. The van der Waals surface area contributed by atoms with E-state index in [-0.39, 0.29) is 23.0 Å². The predicted molar refractivity (Wildman–Crippen MR) is 51.8 cm³/mol. The molecule has 0 aliphatic rings. The lowest BCUT2D eigenvalue weighted by Crippen LogP contribution is -2.08. The summed E-state index contributed by atoms with van der Waals surface area (Å²) in [5, 5.41) is 11.9. The van der Waals surface area contributed by atoms with Gasteiger partial charge in [0.1, 0.15) is 5.75 Å². The Morgan fingerprint density at radius 3 is 2.77 bits per heavy atom. The van der Waals surface area contributed by atoms with Gasteiger partial charge in [-0.3, -0.25) is 4.79 Å². The molecule has 70 valence electrons. The van der Waals surface area contributed by atoms with Crippen LogP contribution >= 0.6 is 11.6 Å². The van der Waals surface area contributed by atoms with E-state index >= 15 is 0 Å². The first-order valence-electron chi connectivity index (χ1n) is 3.57. The van der Waals surface area contributed by atoms with Crippen LogP contribution in [0.3, 0.4) is 0 Å². The maximum absolute atomic E-state index is 10.7. The number of nitrogens with one attached hydrogen (secondary N) is 1. The Morgan fingerprint density at radius 1 is 1.62 bits per heavy atom. The standard InChI is InChI=1S/C8H9ClN2O2/c1-4(12)11-8-5(9)2-3-6(13)7(8)10/h2-3,13H,10H2,1H3,(H,11,12). The molecule has 1 aromatic rings. The van der Waals surface area contributed by atoms with Gasteiger partial charge in [0.15, 0.2) is 0 Å². The van der Waals surface area contributed by atoms with Crippen LogP contribution in [0.15, 0.2) is 12.1 Å². The maximum Gasteiger partial charge on any atom is 0.221 e. The summed E-state index contributed by atoms with van der Waals surface area (Å²) >= 11 is 5.74. The second-order valence-corrected chi connectivity index (χ2v) is 2.94. The average molecular weight is 201 g/mol. The smallest absolute Gasteiger partial charge is 0.221 e. The van der Waals surface area contributed by atoms with Crippen molar-refractivity contribution in [1.29, 1.82) is 0 Å². The minimum atomic E-state index is -0.292. The second kappa shape index (κ2) is 3.53. The van der Waals surface area contributed by atoms with Gasteiger partial charge in [-0.2, -0.15) is 0 Å². The Hall–Kier alpha value is -1.42. The van der Waals surface area contributed by atoms with E-state index in [1.165, 1.54) is 19.1 Å². The lowest BCUT2D eigenvalue weighted by atomic mass is 10.2. The van der Waals surface area contributed by atoms with Crippen molar-refractivity contribution in [1.82, 2.24) is 0 Å². The first kappa shape index (κ1) is 9.67. The fourth-order valence-corrected chi connectivity index (χ4v) is 1.10. The van der Waals surface area contributed by atoms with Gasteiger partial charge in [0.2, 0.25) is 5.91 Å². The van der Waals surface area contributed by atoms with E-state index in [4.69, 9.17) is 17.3 Å². The third-order valence-corrected chi connectivity index (χ3v) is 1.79. The summed E-state index contributed by atoms with van der Waals surface area (Å²) in [5.74, 6) is -0.396. The lowest BCUT2D eigenvalue weighted by Gasteiger charge is -2.09. The number of hydrogen-bond donors (Lipinski definition) is 3. The van der Waals surface area contributed by atoms with Crippen LogP contribution in [-0.4, -0.2) is 11.0 Å². The van der Waals surface area contributed by atoms with Crippen molar-refractivity contribution in [3.8, 4) is 5.75 Å². The van der Waals surface area contributed by atoms with E-state index in [0.29, 0.717) is 5.02 Å². The first-order valence-corrected chi connectivity index (χ1v) is 3.94. The number of nitrogen functional groups attached to an aromatic ring is 1. The number of aromatic hydroxyl groups is 1. The SMILES string of the molecule is CC(=O)Nc1c(Cl)ccc(O)c1N. The van der Waals surface area contributed by atoms with Crippen molar-refractivity contribution in [3.63, 3.8) is 0 Å². The number of carbonyl (C=O) groups is 1. The summed E-state index contributed by atoms with van der Waals surface area (Å²) in [6, 6.07) is 2.82. The van der Waals surface area contributed by atoms with Crippen molar-refractivity contribution >= 4 is 28.9 Å². The van der Waals surface area contributed by atoms with E-state index in [1.807, 2.05) is 0 Å². The average Bonchev–Trinajstić information content (AvgIpc) is 2.05. The molecule has 0 saturated heterocycles. The quantitative estimate of drug-likeness (QED) is 0.476. The highest BCUT2D eigenvalue weighted by Crippen LogP contribution is 2.34. The molecule has 0 aliphatic heterocycles. The van der Waals surface area contributed by atoms with Crippen LogP contribution in [-0.2, 0) is 4.79 Å². The van der Waals surface area contributed by atoms with Gasteiger partial charge in [-0.1, -0.05) is 11.6 Å². The van der Waals surface area contributed by atoms with E-state index in [2.05, 4.69) is 5.32 Å². The van der Waals surface area contributed by atoms with Crippen LogP contribution in [0.2, 0.25) is 5.02 Å². The molecule has 0 aromatic heterocycles. The molecule has 1 amide bonds. The Balaban J connectivity index is 3.17. The van der Waals surface area contributed by atoms with Crippen LogP contribution in [0.1, 0.15) is 6.92 Å². The van der Waals surface area contributed by atoms with Crippen LogP contribution in [0, 0.1) is 0 Å². The zero-order valence-corrected chi connectivity index (χ0v) is 7.72. The monoisotopic (exact) mass is 200 g/mol. The van der Waals surface area contributed by atoms with Gasteiger partial charge < -0.3 is 16.2 Å². The predicted octanol–water partition coefficient (Wildman–Crippen LogP) is 1.59. The Morgan fingerprint density at radius 2 is 2.23 bits per heavy atom. The minimum Gasteiger partial charge on any atom is -0.506 e. The molecule has 0 radical (unpaired) electrons. The fraction of sp³-hybridized carbons (Fsp3) is 0.125. The summed E-state index contributed by atoms with van der Waals surface area (Å²) in [5.41, 5.74) is 5.80. The number of phenolic OH excluding ortho intramolecular Hbond substituents is 1. The van der Waals surface area contributed by atoms with Crippen molar-refractivity contribution in [2.75, 3.05) is 11.1 Å². The van der Waals surface area contributed by atoms with E-state index in [0.717, 1.165) is 0 Å². The number of halogens is 1. The fourth-order valence-electron chi connectivity index (χ4n) is 0.885. The molecule has 4 nitrogen and oxygen atoms in total. The van der Waals surface area contributed by atoms with Crippen molar-refractivity contribution in [2.45, 2.75) is 6.92 Å². The minimum absolute atomic E-state index is 0.0719. The molecule has 0 bridgehead atoms. The summed E-state index contributed by atoms with van der Waals surface area (Å²) in [4.78, 5) is 10.7. The largest absolute Gasteiger partial charge is 0.506 e. The number of hydrogen-bond acceptors (Lipinski definition) is 3. The number of carbonyl (C=O) groups excluding carboxylic acids is 1. The van der Waals surface area contributed by atoms with Gasteiger partial charge in [0.25, 0.3) is 0 Å². The molecular formula is C8H9ClN2O2. The molecule has 0 heterocycles. The Kier molecular flexibility index (Phi) is 2.63. The number of nitrogens with two attached hydrogens (primary N) is 1. The molecule has 0 aliphatic carbocycles. The summed E-state index contributed by atoms with van der Waals surface area (Å²) < 4.78 is 0. The Labute approximate surface area is 80.3 Å². The Bertz CT molecular complexity index is 352. The number of anilines is 2. The number of phenols is 1. The van der Waals surface area contributed by atoms with Crippen molar-refractivity contribution in [3.05, 3.63) is 17.2 Å². The molecular weight excluding hydrogens is 192 g/mol. The summed E-state index contributed by atoms with van der Waals surface area (Å²) in [7, 11) is 0. The highest BCUT2D eigenvalue weighted by molar-refractivity contribution is 6.34. The van der Waals surface area contributed by atoms with Crippen LogP contribution in [0.25, 0.3) is 0 Å². The third-order valence-electron chi connectivity index (χ3n) is 1.47. The zero-order valence-electron chi connectivity index (χ0n) is 6.97. The highest BCUT2D eigenvalue weighted by Gasteiger charge is 2.09. The molecule has 1 rings (SSSR count). The maximum atomic E-state index is 10.7. The van der Waals surface area contributed by atoms with Gasteiger partial charge in [0.05, 0.1) is 16.4 Å². The van der Waals surface area contributed by atoms with Crippen LogP contribution < -0.4 is 11.1 Å². The first-order chi connectivity index (χ1) is 6.02. The summed E-state index contributed by atoms with van der Waals surface area (Å²) in [6.07, 6.45) is 0. The molecule has 0 spiro atoms. The van der Waals surface area contributed by atoms with E-state index < -0.39 is 0 Å². The van der Waals surface area contributed by atoms with Gasteiger partial charge in [0, 0.05) is 6.92 Å². The van der Waals surface area contributed by atoms with E-state index in [1.54, 1.807) is 0 Å². The van der Waals surface area contributed by atoms with Crippen LogP contribution in [0.5, 0.6) is 5.75 Å². The topological polar surface area (TPSA) is 75.3 Å². The number of rotatable bonds is 1. The normalized spacial score (nSPS) is 9.69. The van der Waals surface area contributed by atoms with Gasteiger partial charge >= 0.3 is 0 Å².